The Morgan fingerprint density at radius 1 is 1.26 bits per heavy atom. The molecule has 0 N–H and O–H groups in total. The summed E-state index contributed by atoms with van der Waals surface area (Å²) >= 11 is 0. The molecule has 1 aromatic carbocycles. The molecule has 0 saturated carbocycles. The van der Waals surface area contributed by atoms with Crippen LogP contribution in [0.4, 0.5) is 4.39 Å². The highest BCUT2D eigenvalue weighted by molar-refractivity contribution is 7.89. The van der Waals surface area contributed by atoms with E-state index in [0.29, 0.717) is 11.1 Å². The highest BCUT2D eigenvalue weighted by atomic mass is 32.2. The Bertz CT molecular complexity index is 616. The van der Waals surface area contributed by atoms with Crippen molar-refractivity contribution in [1.29, 1.82) is 0 Å². The fourth-order valence-corrected chi connectivity index (χ4v) is 4.44. The zero-order valence-electron chi connectivity index (χ0n) is 11.1. The summed E-state index contributed by atoms with van der Waals surface area (Å²) in [5.41, 5.74) is 0.648. The van der Waals surface area contributed by atoms with E-state index in [1.165, 1.54) is 26.0 Å². The monoisotopic (exact) mass is 285 g/mol. The molecule has 1 saturated heterocycles. The molecule has 0 radical (unpaired) electrons. The van der Waals surface area contributed by atoms with E-state index in [1.54, 1.807) is 0 Å². The van der Waals surface area contributed by atoms with E-state index in [2.05, 4.69) is 0 Å². The minimum absolute atomic E-state index is 0.0170. The zero-order valence-corrected chi connectivity index (χ0v) is 11.9. The first kappa shape index (κ1) is 14.0. The van der Waals surface area contributed by atoms with Gasteiger partial charge in [-0.05, 0) is 43.0 Å². The lowest BCUT2D eigenvalue weighted by molar-refractivity contribution is -0.123. The lowest BCUT2D eigenvalue weighted by Crippen LogP contribution is -2.33. The molecule has 1 aliphatic heterocycles. The predicted molar refractivity (Wildman–Crippen MR) is 68.6 cm³/mol. The van der Waals surface area contributed by atoms with Crippen LogP contribution in [-0.4, -0.2) is 25.2 Å². The molecule has 1 aromatic rings. The van der Waals surface area contributed by atoms with Gasteiger partial charge in [-0.15, -0.1) is 0 Å². The first-order valence-electron chi connectivity index (χ1n) is 6.06. The van der Waals surface area contributed by atoms with Crippen LogP contribution >= 0.6 is 0 Å². The Hall–Kier alpha value is -1.43. The summed E-state index contributed by atoms with van der Waals surface area (Å²) in [6.45, 7) is 5.09. The van der Waals surface area contributed by atoms with Crippen LogP contribution in [0.3, 0.4) is 0 Å². The molecule has 1 aliphatic rings. The Balaban J connectivity index is 2.55. The zero-order chi connectivity index (χ0) is 14.4. The Morgan fingerprint density at radius 3 is 2.21 bits per heavy atom. The molecule has 0 spiro atoms. The molecule has 19 heavy (non-hydrogen) atoms. The first-order valence-corrected chi connectivity index (χ1v) is 7.50. The van der Waals surface area contributed by atoms with Gasteiger partial charge >= 0.3 is 0 Å². The molecule has 1 amide bonds. The van der Waals surface area contributed by atoms with Gasteiger partial charge in [0, 0.05) is 13.0 Å². The van der Waals surface area contributed by atoms with Gasteiger partial charge in [0.15, 0.2) is 0 Å². The number of halogens is 1. The SMILES string of the molecule is Cc1cc(F)cc(C)c1S(=O)(=O)N1CC(C)CC1=O. The van der Waals surface area contributed by atoms with Gasteiger partial charge in [-0.1, -0.05) is 6.92 Å². The predicted octanol–water partition coefficient (Wildman–Crippen LogP) is 2.00. The van der Waals surface area contributed by atoms with Gasteiger partial charge in [-0.25, -0.2) is 17.1 Å². The van der Waals surface area contributed by atoms with Crippen molar-refractivity contribution in [2.24, 2.45) is 5.92 Å². The maximum absolute atomic E-state index is 13.2. The second-order valence-corrected chi connectivity index (χ2v) is 6.91. The van der Waals surface area contributed by atoms with Crippen LogP contribution in [0.1, 0.15) is 24.5 Å². The maximum atomic E-state index is 13.2. The fraction of sp³-hybridized carbons (Fsp3) is 0.462. The topological polar surface area (TPSA) is 54.5 Å². The van der Waals surface area contributed by atoms with Crippen LogP contribution < -0.4 is 0 Å². The molecule has 2 rings (SSSR count). The number of rotatable bonds is 2. The van der Waals surface area contributed by atoms with Gasteiger partial charge in [0.25, 0.3) is 10.0 Å². The number of hydrogen-bond acceptors (Lipinski definition) is 3. The maximum Gasteiger partial charge on any atom is 0.267 e. The molecule has 6 heteroatoms. The van der Waals surface area contributed by atoms with Crippen LogP contribution in [0.2, 0.25) is 0 Å². The summed E-state index contributed by atoms with van der Waals surface area (Å²) < 4.78 is 39.2. The highest BCUT2D eigenvalue weighted by Crippen LogP contribution is 2.29. The van der Waals surface area contributed by atoms with Crippen LogP contribution in [0, 0.1) is 25.6 Å². The summed E-state index contributed by atoms with van der Waals surface area (Å²) in [6.07, 6.45) is 0.235. The van der Waals surface area contributed by atoms with E-state index < -0.39 is 21.7 Å². The number of amides is 1. The number of nitrogens with zero attached hydrogens (tertiary/aromatic N) is 1. The largest absolute Gasteiger partial charge is 0.274 e. The van der Waals surface area contributed by atoms with Gasteiger partial charge in [0.05, 0.1) is 4.90 Å². The molecular weight excluding hydrogens is 269 g/mol. The second kappa shape index (κ2) is 4.59. The molecule has 0 bridgehead atoms. The van der Waals surface area contributed by atoms with Crippen LogP contribution in [0.5, 0.6) is 0 Å². The number of sulfonamides is 1. The van der Waals surface area contributed by atoms with Crippen molar-refractivity contribution in [3.05, 3.63) is 29.1 Å². The Kier molecular flexibility index (Phi) is 3.38. The van der Waals surface area contributed by atoms with E-state index in [9.17, 15) is 17.6 Å². The lowest BCUT2D eigenvalue weighted by atomic mass is 10.1. The summed E-state index contributed by atoms with van der Waals surface area (Å²) in [7, 11) is -3.88. The molecule has 1 unspecified atom stereocenters. The number of hydrogen-bond donors (Lipinski definition) is 0. The minimum Gasteiger partial charge on any atom is -0.274 e. The van der Waals surface area contributed by atoms with Gasteiger partial charge < -0.3 is 0 Å². The lowest BCUT2D eigenvalue weighted by Gasteiger charge is -2.19. The molecule has 1 atom stereocenters. The summed E-state index contributed by atoms with van der Waals surface area (Å²) in [4.78, 5) is 11.8. The number of aryl methyl sites for hydroxylation is 2. The molecule has 4 nitrogen and oxygen atoms in total. The molecule has 1 fully saturated rings. The third-order valence-electron chi connectivity index (χ3n) is 3.25. The average molecular weight is 285 g/mol. The Morgan fingerprint density at radius 2 is 1.79 bits per heavy atom. The second-order valence-electron chi connectivity index (χ2n) is 5.11. The van der Waals surface area contributed by atoms with E-state index in [4.69, 9.17) is 0 Å². The molecule has 0 aromatic heterocycles. The third-order valence-corrected chi connectivity index (χ3v) is 5.34. The molecule has 0 aliphatic carbocycles. The van der Waals surface area contributed by atoms with E-state index >= 15 is 0 Å². The normalized spacial score (nSPS) is 20.1. The number of carbonyl (C=O) groups is 1. The van der Waals surface area contributed by atoms with Gasteiger partial charge in [0.1, 0.15) is 5.82 Å². The van der Waals surface area contributed by atoms with E-state index in [1.807, 2.05) is 6.92 Å². The quantitative estimate of drug-likeness (QED) is 0.835. The summed E-state index contributed by atoms with van der Waals surface area (Å²) in [5, 5.41) is 0. The smallest absolute Gasteiger partial charge is 0.267 e. The minimum atomic E-state index is -3.88. The van der Waals surface area contributed by atoms with Gasteiger partial charge in [0.2, 0.25) is 5.91 Å². The number of carbonyl (C=O) groups excluding carboxylic acids is 1. The van der Waals surface area contributed by atoms with Crippen molar-refractivity contribution in [2.45, 2.75) is 32.1 Å². The molecular formula is C13H16FNO3S. The van der Waals surface area contributed by atoms with Crippen molar-refractivity contribution in [2.75, 3.05) is 6.54 Å². The molecule has 1 heterocycles. The van der Waals surface area contributed by atoms with Crippen LogP contribution in [0.25, 0.3) is 0 Å². The van der Waals surface area contributed by atoms with Crippen molar-refractivity contribution in [1.82, 2.24) is 4.31 Å². The standard InChI is InChI=1S/C13H16FNO3S/c1-8-4-12(16)15(7-8)19(17,18)13-9(2)5-11(14)6-10(13)3/h5-6,8H,4,7H2,1-3H3. The van der Waals surface area contributed by atoms with Crippen molar-refractivity contribution >= 4 is 15.9 Å². The van der Waals surface area contributed by atoms with E-state index in [0.717, 1.165) is 4.31 Å². The molecule has 104 valence electrons. The highest BCUT2D eigenvalue weighted by Gasteiger charge is 2.37. The van der Waals surface area contributed by atoms with Crippen molar-refractivity contribution in [3.8, 4) is 0 Å². The number of benzene rings is 1. The average Bonchev–Trinajstić information content (AvgIpc) is 2.56. The van der Waals surface area contributed by atoms with Crippen molar-refractivity contribution in [3.63, 3.8) is 0 Å². The summed E-state index contributed by atoms with van der Waals surface area (Å²) in [5.74, 6) is -0.853. The van der Waals surface area contributed by atoms with Gasteiger partial charge in [-0.2, -0.15) is 0 Å². The van der Waals surface area contributed by atoms with Crippen LogP contribution in [0.15, 0.2) is 17.0 Å². The third kappa shape index (κ3) is 2.36. The Labute approximate surface area is 112 Å². The first-order chi connectivity index (χ1) is 8.73. The van der Waals surface area contributed by atoms with Crippen LogP contribution in [-0.2, 0) is 14.8 Å². The summed E-state index contributed by atoms with van der Waals surface area (Å²) in [6, 6.07) is 2.34. The van der Waals surface area contributed by atoms with Gasteiger partial charge in [-0.3, -0.25) is 4.79 Å². The van der Waals surface area contributed by atoms with Crippen molar-refractivity contribution < 1.29 is 17.6 Å². The fourth-order valence-electron chi connectivity index (χ4n) is 2.50. The van der Waals surface area contributed by atoms with E-state index in [-0.39, 0.29) is 23.8 Å².